The monoisotopic (exact) mass is 391 g/mol. The summed E-state index contributed by atoms with van der Waals surface area (Å²) in [5.41, 5.74) is 2.06. The van der Waals surface area contributed by atoms with Gasteiger partial charge >= 0.3 is 5.97 Å². The lowest BCUT2D eigenvalue weighted by molar-refractivity contribution is 0.0600. The van der Waals surface area contributed by atoms with E-state index >= 15 is 0 Å². The van der Waals surface area contributed by atoms with Gasteiger partial charge in [-0.1, -0.05) is 35.5 Å². The van der Waals surface area contributed by atoms with Crippen molar-refractivity contribution >= 4 is 11.9 Å². The lowest BCUT2D eigenvalue weighted by Gasteiger charge is -2.17. The van der Waals surface area contributed by atoms with Crippen LogP contribution in [-0.4, -0.2) is 47.1 Å². The van der Waals surface area contributed by atoms with Crippen molar-refractivity contribution in [3.8, 4) is 0 Å². The molecular formula is C22H21N3O4. The fraction of sp³-hybridized carbons (Fsp3) is 0.273. The van der Waals surface area contributed by atoms with Gasteiger partial charge in [-0.25, -0.2) is 4.79 Å². The maximum atomic E-state index is 13.1. The summed E-state index contributed by atoms with van der Waals surface area (Å²) in [6.07, 6.45) is 0. The number of ether oxygens (including phenoxy) is 1. The number of hydrogen-bond acceptors (Lipinski definition) is 6. The van der Waals surface area contributed by atoms with Crippen molar-refractivity contribution in [3.63, 3.8) is 0 Å². The van der Waals surface area contributed by atoms with Gasteiger partial charge in [-0.15, -0.1) is 0 Å². The van der Waals surface area contributed by atoms with Crippen molar-refractivity contribution < 1.29 is 18.8 Å². The highest BCUT2D eigenvalue weighted by Crippen LogP contribution is 2.39. The molecule has 29 heavy (non-hydrogen) atoms. The fourth-order valence-corrected chi connectivity index (χ4v) is 3.77. The molecule has 0 bridgehead atoms. The maximum absolute atomic E-state index is 13.1. The first-order valence-corrected chi connectivity index (χ1v) is 9.39. The van der Waals surface area contributed by atoms with Gasteiger partial charge in [-0.05, 0) is 36.8 Å². The number of aryl methyl sites for hydroxylation is 1. The normalized spacial score (nSPS) is 18.6. The summed E-state index contributed by atoms with van der Waals surface area (Å²) in [7, 11) is 1.33. The van der Waals surface area contributed by atoms with E-state index < -0.39 is 5.97 Å². The second kappa shape index (κ2) is 7.87. The highest BCUT2D eigenvalue weighted by molar-refractivity contribution is 5.96. The summed E-state index contributed by atoms with van der Waals surface area (Å²) in [6.45, 7) is 2.82. The lowest BCUT2D eigenvalue weighted by Crippen LogP contribution is -2.28. The predicted octanol–water partition coefficient (Wildman–Crippen LogP) is 3.19. The standard InChI is InChI=1S/C22H21N3O4/c1-14-23-20(29-24-14)19-13-25(12-18(19)15-6-4-3-5-7-15)21(26)16-8-10-17(11-9-16)22(27)28-2/h3-11,18-19H,12-13H2,1-2H3. The van der Waals surface area contributed by atoms with Gasteiger partial charge in [0.2, 0.25) is 5.89 Å². The van der Waals surface area contributed by atoms with Crippen LogP contribution in [0.15, 0.2) is 59.1 Å². The van der Waals surface area contributed by atoms with Crippen LogP contribution in [0.2, 0.25) is 0 Å². The number of carbonyl (C=O) groups excluding carboxylic acids is 2. The van der Waals surface area contributed by atoms with E-state index in [2.05, 4.69) is 22.3 Å². The number of nitrogens with zero attached hydrogens (tertiary/aromatic N) is 3. The van der Waals surface area contributed by atoms with Gasteiger partial charge in [0.25, 0.3) is 5.91 Å². The largest absolute Gasteiger partial charge is 0.465 e. The second-order valence-corrected chi connectivity index (χ2v) is 7.08. The molecule has 0 saturated carbocycles. The molecule has 7 nitrogen and oxygen atoms in total. The number of rotatable bonds is 4. The third kappa shape index (κ3) is 3.76. The smallest absolute Gasteiger partial charge is 0.337 e. The fourth-order valence-electron chi connectivity index (χ4n) is 3.77. The SMILES string of the molecule is COC(=O)c1ccc(C(=O)N2CC(c3ccccc3)C(c3nc(C)no3)C2)cc1. The molecule has 1 aliphatic heterocycles. The number of aromatic nitrogens is 2. The summed E-state index contributed by atoms with van der Waals surface area (Å²) in [5.74, 6) is 0.594. The molecule has 4 rings (SSSR count). The first kappa shape index (κ1) is 18.9. The Morgan fingerprint density at radius 2 is 1.66 bits per heavy atom. The Kier molecular flexibility index (Phi) is 5.12. The molecule has 0 aliphatic carbocycles. The first-order chi connectivity index (χ1) is 14.1. The number of amides is 1. The van der Waals surface area contributed by atoms with E-state index in [4.69, 9.17) is 9.26 Å². The lowest BCUT2D eigenvalue weighted by atomic mass is 9.89. The summed E-state index contributed by atoms with van der Waals surface area (Å²) < 4.78 is 10.1. The Hall–Kier alpha value is -3.48. The number of hydrogen-bond donors (Lipinski definition) is 0. The van der Waals surface area contributed by atoms with E-state index in [0.717, 1.165) is 5.56 Å². The molecule has 2 atom stereocenters. The summed E-state index contributed by atoms with van der Waals surface area (Å²) in [6, 6.07) is 16.6. The Bertz CT molecular complexity index is 1010. The summed E-state index contributed by atoms with van der Waals surface area (Å²) in [5, 5.41) is 3.92. The molecule has 1 fully saturated rings. The van der Waals surface area contributed by atoms with Gasteiger partial charge in [0, 0.05) is 24.6 Å². The van der Waals surface area contributed by atoms with Crippen LogP contribution >= 0.6 is 0 Å². The average Bonchev–Trinajstić information content (AvgIpc) is 3.40. The van der Waals surface area contributed by atoms with Gasteiger partial charge in [0.05, 0.1) is 18.6 Å². The Labute approximate surface area is 168 Å². The van der Waals surface area contributed by atoms with Gasteiger partial charge in [0.15, 0.2) is 5.82 Å². The van der Waals surface area contributed by atoms with Gasteiger partial charge in [-0.2, -0.15) is 4.98 Å². The van der Waals surface area contributed by atoms with E-state index in [1.54, 1.807) is 36.1 Å². The van der Waals surface area contributed by atoms with Crippen LogP contribution in [-0.2, 0) is 4.74 Å². The van der Waals surface area contributed by atoms with Crippen molar-refractivity contribution in [2.24, 2.45) is 0 Å². The quantitative estimate of drug-likeness (QED) is 0.635. The van der Waals surface area contributed by atoms with Crippen LogP contribution in [0, 0.1) is 6.92 Å². The average molecular weight is 391 g/mol. The van der Waals surface area contributed by atoms with Crippen LogP contribution in [0.1, 0.15) is 49.8 Å². The maximum Gasteiger partial charge on any atom is 0.337 e. The zero-order valence-corrected chi connectivity index (χ0v) is 16.2. The minimum atomic E-state index is -0.429. The predicted molar refractivity (Wildman–Crippen MR) is 105 cm³/mol. The molecule has 2 unspecified atom stereocenters. The molecule has 7 heteroatoms. The van der Waals surface area contributed by atoms with Gasteiger partial charge in [0.1, 0.15) is 0 Å². The van der Waals surface area contributed by atoms with Gasteiger partial charge < -0.3 is 14.2 Å². The highest BCUT2D eigenvalue weighted by atomic mass is 16.5. The third-order valence-electron chi connectivity index (χ3n) is 5.25. The first-order valence-electron chi connectivity index (χ1n) is 9.39. The van der Waals surface area contributed by atoms with Crippen LogP contribution < -0.4 is 0 Å². The highest BCUT2D eigenvalue weighted by Gasteiger charge is 2.40. The van der Waals surface area contributed by atoms with Crippen LogP contribution in [0.3, 0.4) is 0 Å². The number of carbonyl (C=O) groups is 2. The zero-order valence-electron chi connectivity index (χ0n) is 16.2. The van der Waals surface area contributed by atoms with Crippen molar-refractivity contribution in [1.82, 2.24) is 15.0 Å². The Balaban J connectivity index is 1.59. The minimum absolute atomic E-state index is 0.0642. The third-order valence-corrected chi connectivity index (χ3v) is 5.25. The van der Waals surface area contributed by atoms with E-state index in [9.17, 15) is 9.59 Å². The molecule has 1 amide bonds. The minimum Gasteiger partial charge on any atom is -0.465 e. The van der Waals surface area contributed by atoms with Crippen LogP contribution in [0.25, 0.3) is 0 Å². The number of benzene rings is 2. The molecule has 0 N–H and O–H groups in total. The Morgan fingerprint density at radius 1 is 1.00 bits per heavy atom. The molecule has 148 valence electrons. The van der Waals surface area contributed by atoms with Crippen LogP contribution in [0.4, 0.5) is 0 Å². The van der Waals surface area contributed by atoms with Crippen LogP contribution in [0.5, 0.6) is 0 Å². The number of likely N-dealkylation sites (tertiary alicyclic amines) is 1. The van der Waals surface area contributed by atoms with Crippen molar-refractivity contribution in [3.05, 3.63) is 83.0 Å². The van der Waals surface area contributed by atoms with Crippen molar-refractivity contribution in [2.75, 3.05) is 20.2 Å². The van der Waals surface area contributed by atoms with E-state index in [1.807, 2.05) is 18.2 Å². The molecule has 1 aliphatic rings. The van der Waals surface area contributed by atoms with E-state index in [0.29, 0.717) is 35.9 Å². The number of esters is 1. The molecule has 1 saturated heterocycles. The topological polar surface area (TPSA) is 85.5 Å². The molecular weight excluding hydrogens is 370 g/mol. The molecule has 1 aromatic heterocycles. The molecule has 2 aromatic carbocycles. The summed E-state index contributed by atoms with van der Waals surface area (Å²) in [4.78, 5) is 30.9. The molecule has 0 spiro atoms. The van der Waals surface area contributed by atoms with E-state index in [1.165, 1.54) is 7.11 Å². The summed E-state index contributed by atoms with van der Waals surface area (Å²) >= 11 is 0. The van der Waals surface area contributed by atoms with E-state index in [-0.39, 0.29) is 17.7 Å². The Morgan fingerprint density at radius 3 is 2.28 bits per heavy atom. The molecule has 2 heterocycles. The number of methoxy groups -OCH3 is 1. The second-order valence-electron chi connectivity index (χ2n) is 7.08. The van der Waals surface area contributed by atoms with Gasteiger partial charge in [-0.3, -0.25) is 4.79 Å². The molecule has 0 radical (unpaired) electrons. The van der Waals surface area contributed by atoms with Crippen molar-refractivity contribution in [2.45, 2.75) is 18.8 Å². The van der Waals surface area contributed by atoms with Crippen molar-refractivity contribution in [1.29, 1.82) is 0 Å². The molecule has 3 aromatic rings. The zero-order chi connectivity index (χ0) is 20.4.